The van der Waals surface area contributed by atoms with Gasteiger partial charge in [0.2, 0.25) is 0 Å². The highest BCUT2D eigenvalue weighted by Gasteiger charge is 2.15. The van der Waals surface area contributed by atoms with Gasteiger partial charge in [-0.15, -0.1) is 0 Å². The van der Waals surface area contributed by atoms with E-state index in [2.05, 4.69) is 10.3 Å². The van der Waals surface area contributed by atoms with Crippen LogP contribution in [0.1, 0.15) is 0 Å². The number of rotatable bonds is 3. The van der Waals surface area contributed by atoms with Gasteiger partial charge in [0.1, 0.15) is 5.69 Å². The molecule has 0 saturated carbocycles. The molecule has 5 nitrogen and oxygen atoms in total. The summed E-state index contributed by atoms with van der Waals surface area (Å²) < 4.78 is 0. The largest absolute Gasteiger partial charge is 0.347 e. The molecule has 0 saturated heterocycles. The van der Waals surface area contributed by atoms with Crippen molar-refractivity contribution in [2.24, 2.45) is 0 Å². The number of pyridine rings is 1. The van der Waals surface area contributed by atoms with E-state index in [1.54, 1.807) is 18.2 Å². The van der Waals surface area contributed by atoms with Crippen LogP contribution in [-0.2, 0) is 0 Å². The Morgan fingerprint density at radius 2 is 1.78 bits per heavy atom. The Morgan fingerprint density at radius 3 is 2.39 bits per heavy atom. The standard InChI is InChI=1S/C11H7Cl2N3O2/c12-7-5-14-6-8(13)11(7)15-9-3-1-2-4-10(9)16(17)18/h1-6H,(H,14,15). The number of halogens is 2. The van der Waals surface area contributed by atoms with E-state index in [9.17, 15) is 10.1 Å². The first-order valence-corrected chi connectivity index (χ1v) is 5.64. The van der Waals surface area contributed by atoms with Gasteiger partial charge in [0.25, 0.3) is 5.69 Å². The molecule has 0 aliphatic rings. The molecule has 0 radical (unpaired) electrons. The zero-order valence-electron chi connectivity index (χ0n) is 8.93. The van der Waals surface area contributed by atoms with Gasteiger partial charge in [0.15, 0.2) is 0 Å². The maximum atomic E-state index is 10.9. The minimum atomic E-state index is -0.481. The van der Waals surface area contributed by atoms with Crippen molar-refractivity contribution in [2.75, 3.05) is 5.32 Å². The Kier molecular flexibility index (Phi) is 3.64. The predicted molar refractivity (Wildman–Crippen MR) is 70.6 cm³/mol. The molecule has 0 bridgehead atoms. The van der Waals surface area contributed by atoms with Crippen molar-refractivity contribution < 1.29 is 4.92 Å². The van der Waals surface area contributed by atoms with Gasteiger partial charge in [0.05, 0.1) is 20.7 Å². The van der Waals surface area contributed by atoms with Crippen LogP contribution in [0.3, 0.4) is 0 Å². The van der Waals surface area contributed by atoms with Crippen molar-refractivity contribution >= 4 is 40.3 Å². The second-order valence-corrected chi connectivity index (χ2v) is 4.19. The van der Waals surface area contributed by atoms with Crippen molar-refractivity contribution in [3.8, 4) is 0 Å². The van der Waals surface area contributed by atoms with Crippen LogP contribution in [-0.4, -0.2) is 9.91 Å². The van der Waals surface area contributed by atoms with Crippen molar-refractivity contribution in [1.82, 2.24) is 4.98 Å². The van der Waals surface area contributed by atoms with Crippen LogP contribution in [0, 0.1) is 10.1 Å². The second-order valence-electron chi connectivity index (χ2n) is 3.38. The molecule has 1 aromatic carbocycles. The second kappa shape index (κ2) is 5.20. The highest BCUT2D eigenvalue weighted by molar-refractivity contribution is 6.39. The van der Waals surface area contributed by atoms with Crippen LogP contribution in [0.5, 0.6) is 0 Å². The molecule has 92 valence electrons. The molecule has 1 aromatic heterocycles. The summed E-state index contributed by atoms with van der Waals surface area (Å²) in [5, 5.41) is 14.3. The van der Waals surface area contributed by atoms with E-state index in [-0.39, 0.29) is 5.69 Å². The SMILES string of the molecule is O=[N+]([O-])c1ccccc1Nc1c(Cl)cncc1Cl. The van der Waals surface area contributed by atoms with Gasteiger partial charge in [0, 0.05) is 18.5 Å². The number of hydrogen-bond acceptors (Lipinski definition) is 4. The summed E-state index contributed by atoms with van der Waals surface area (Å²) in [5.41, 5.74) is 0.654. The zero-order valence-corrected chi connectivity index (χ0v) is 10.4. The van der Waals surface area contributed by atoms with Gasteiger partial charge in [-0.25, -0.2) is 0 Å². The molecule has 0 spiro atoms. The van der Waals surface area contributed by atoms with Crippen LogP contribution in [0.15, 0.2) is 36.7 Å². The first-order valence-electron chi connectivity index (χ1n) is 4.89. The fraction of sp³-hybridized carbons (Fsp3) is 0. The summed E-state index contributed by atoms with van der Waals surface area (Å²) in [7, 11) is 0. The molecule has 1 heterocycles. The Bertz CT molecular complexity index is 584. The molecular weight excluding hydrogens is 277 g/mol. The molecule has 0 atom stereocenters. The Hall–Kier alpha value is -1.85. The maximum Gasteiger partial charge on any atom is 0.292 e. The van der Waals surface area contributed by atoms with Crippen LogP contribution < -0.4 is 5.32 Å². The minimum absolute atomic E-state index is 0.0542. The van der Waals surface area contributed by atoms with Gasteiger partial charge < -0.3 is 5.32 Å². The molecular formula is C11H7Cl2N3O2. The third kappa shape index (κ3) is 2.52. The third-order valence-corrected chi connectivity index (χ3v) is 2.79. The highest BCUT2D eigenvalue weighted by Crippen LogP contribution is 2.34. The van der Waals surface area contributed by atoms with Gasteiger partial charge in [-0.3, -0.25) is 15.1 Å². The summed E-state index contributed by atoms with van der Waals surface area (Å²) in [6.07, 6.45) is 2.81. The quantitative estimate of drug-likeness (QED) is 0.682. The summed E-state index contributed by atoms with van der Waals surface area (Å²) >= 11 is 11.9. The molecule has 7 heteroatoms. The van der Waals surface area contributed by atoms with Crippen LogP contribution in [0.2, 0.25) is 10.0 Å². The lowest BCUT2D eigenvalue weighted by Gasteiger charge is -2.09. The van der Waals surface area contributed by atoms with Crippen molar-refractivity contribution in [3.05, 3.63) is 56.8 Å². The monoisotopic (exact) mass is 283 g/mol. The Balaban J connectivity index is 2.43. The lowest BCUT2D eigenvalue weighted by atomic mass is 10.2. The molecule has 0 amide bonds. The number of hydrogen-bond donors (Lipinski definition) is 1. The number of nitro benzene ring substituents is 1. The average molecular weight is 284 g/mol. The van der Waals surface area contributed by atoms with Crippen LogP contribution in [0.4, 0.5) is 17.1 Å². The summed E-state index contributed by atoms with van der Waals surface area (Å²) in [6, 6.07) is 6.23. The van der Waals surface area contributed by atoms with Crippen LogP contribution >= 0.6 is 23.2 Å². The lowest BCUT2D eigenvalue weighted by molar-refractivity contribution is -0.383. The molecule has 0 unspecified atom stereocenters. The molecule has 0 aliphatic carbocycles. The number of nitrogens with zero attached hydrogens (tertiary/aromatic N) is 2. The highest BCUT2D eigenvalue weighted by atomic mass is 35.5. The number of anilines is 2. The van der Waals surface area contributed by atoms with E-state index < -0.39 is 4.92 Å². The van der Waals surface area contributed by atoms with Crippen molar-refractivity contribution in [3.63, 3.8) is 0 Å². The van der Waals surface area contributed by atoms with E-state index in [0.717, 1.165) is 0 Å². The number of benzene rings is 1. The van der Waals surface area contributed by atoms with Gasteiger partial charge in [-0.05, 0) is 6.07 Å². The predicted octanol–water partition coefficient (Wildman–Crippen LogP) is 4.04. The van der Waals surface area contributed by atoms with Crippen molar-refractivity contribution in [2.45, 2.75) is 0 Å². The van der Waals surface area contributed by atoms with E-state index in [0.29, 0.717) is 21.4 Å². The summed E-state index contributed by atoms with van der Waals surface area (Å²) in [6.45, 7) is 0. The first kappa shape index (κ1) is 12.6. The van der Waals surface area contributed by atoms with E-state index in [1.165, 1.54) is 18.5 Å². The van der Waals surface area contributed by atoms with Crippen LogP contribution in [0.25, 0.3) is 0 Å². The third-order valence-electron chi connectivity index (χ3n) is 2.21. The van der Waals surface area contributed by atoms with Gasteiger partial charge in [-0.1, -0.05) is 35.3 Å². The molecule has 18 heavy (non-hydrogen) atoms. The smallest absolute Gasteiger partial charge is 0.292 e. The molecule has 2 rings (SSSR count). The first-order chi connectivity index (χ1) is 8.59. The van der Waals surface area contributed by atoms with E-state index >= 15 is 0 Å². The topological polar surface area (TPSA) is 68.1 Å². The fourth-order valence-electron chi connectivity index (χ4n) is 1.40. The number of para-hydroxylation sites is 2. The molecule has 0 fully saturated rings. The molecule has 0 aliphatic heterocycles. The Morgan fingerprint density at radius 1 is 1.17 bits per heavy atom. The molecule has 2 aromatic rings. The van der Waals surface area contributed by atoms with Crippen molar-refractivity contribution in [1.29, 1.82) is 0 Å². The minimum Gasteiger partial charge on any atom is -0.347 e. The fourth-order valence-corrected chi connectivity index (χ4v) is 1.86. The van der Waals surface area contributed by atoms with Gasteiger partial charge >= 0.3 is 0 Å². The van der Waals surface area contributed by atoms with Gasteiger partial charge in [-0.2, -0.15) is 0 Å². The molecule has 1 N–H and O–H groups in total. The average Bonchev–Trinajstić information content (AvgIpc) is 2.34. The maximum absolute atomic E-state index is 10.9. The number of aromatic nitrogens is 1. The number of nitrogens with one attached hydrogen (secondary N) is 1. The lowest BCUT2D eigenvalue weighted by Crippen LogP contribution is -1.98. The summed E-state index contributed by atoms with van der Waals surface area (Å²) in [4.78, 5) is 14.2. The number of nitro groups is 1. The Labute approximate surface area is 113 Å². The van der Waals surface area contributed by atoms with E-state index in [1.807, 2.05) is 0 Å². The zero-order chi connectivity index (χ0) is 13.1. The summed E-state index contributed by atoms with van der Waals surface area (Å²) in [5.74, 6) is 0. The van der Waals surface area contributed by atoms with E-state index in [4.69, 9.17) is 23.2 Å². The normalized spacial score (nSPS) is 10.1.